The third-order valence-electron chi connectivity index (χ3n) is 5.05. The predicted octanol–water partition coefficient (Wildman–Crippen LogP) is 4.95. The fraction of sp³-hybridized carbons (Fsp3) is 0.375. The van der Waals surface area contributed by atoms with Gasteiger partial charge in [-0.15, -0.1) is 0 Å². The summed E-state index contributed by atoms with van der Waals surface area (Å²) < 4.78 is 27.9. The van der Waals surface area contributed by atoms with E-state index in [1.807, 2.05) is 56.3 Å². The highest BCUT2D eigenvalue weighted by Crippen LogP contribution is 2.40. The van der Waals surface area contributed by atoms with E-state index >= 15 is 0 Å². The number of hydrogen-bond acceptors (Lipinski definition) is 6. The quantitative estimate of drug-likeness (QED) is 0.572. The van der Waals surface area contributed by atoms with Gasteiger partial charge in [-0.25, -0.2) is 0 Å². The Morgan fingerprint density at radius 3 is 2.37 bits per heavy atom. The second-order valence-electron chi connectivity index (χ2n) is 7.23. The molecule has 0 saturated carbocycles. The fourth-order valence-electron chi connectivity index (χ4n) is 3.70. The molecule has 1 heterocycles. The predicted molar refractivity (Wildman–Crippen MR) is 114 cm³/mol. The van der Waals surface area contributed by atoms with Crippen LogP contribution in [-0.4, -0.2) is 27.0 Å². The van der Waals surface area contributed by atoms with Crippen LogP contribution in [0.4, 0.5) is 0 Å². The molecular weight excluding hydrogens is 384 g/mol. The minimum atomic E-state index is -0.457. The van der Waals surface area contributed by atoms with E-state index in [4.69, 9.17) is 23.7 Å². The van der Waals surface area contributed by atoms with Crippen LogP contribution in [0.1, 0.15) is 43.6 Å². The van der Waals surface area contributed by atoms with Crippen LogP contribution in [0.2, 0.25) is 0 Å². The van der Waals surface area contributed by atoms with Crippen LogP contribution in [-0.2, 0) is 16.0 Å². The molecule has 6 nitrogen and oxygen atoms in total. The lowest BCUT2D eigenvalue weighted by molar-refractivity contribution is -0.149. The Bertz CT molecular complexity index is 908. The standard InChI is InChI=1S/C24H28O6/c1-6-7-17-11-21(26-4)19(22(12-17)27-5)10-15(2)24(30-16(3)25)18-8-9-20-23(13-18)29-14-28-20/h6-9,11-13,15,24H,10,14H2,1-5H3/b7-6+/t15-,24+/m0/s1. The van der Waals surface area contributed by atoms with Gasteiger partial charge in [0.1, 0.15) is 17.6 Å². The third kappa shape index (κ3) is 4.70. The average Bonchev–Trinajstić information content (AvgIpc) is 3.20. The summed E-state index contributed by atoms with van der Waals surface area (Å²) in [7, 11) is 3.29. The van der Waals surface area contributed by atoms with Crippen molar-refractivity contribution < 1.29 is 28.5 Å². The number of rotatable bonds is 8. The van der Waals surface area contributed by atoms with Crippen molar-refractivity contribution in [3.8, 4) is 23.0 Å². The van der Waals surface area contributed by atoms with Gasteiger partial charge in [-0.2, -0.15) is 0 Å². The molecule has 1 aliphatic rings. The highest BCUT2D eigenvalue weighted by Gasteiger charge is 2.27. The van der Waals surface area contributed by atoms with Crippen molar-refractivity contribution in [2.45, 2.75) is 33.3 Å². The van der Waals surface area contributed by atoms with Gasteiger partial charge < -0.3 is 23.7 Å². The summed E-state index contributed by atoms with van der Waals surface area (Å²) in [5, 5.41) is 0. The Morgan fingerprint density at radius 2 is 1.77 bits per heavy atom. The van der Waals surface area contributed by atoms with Crippen molar-refractivity contribution in [3.05, 3.63) is 53.1 Å². The summed E-state index contributed by atoms with van der Waals surface area (Å²) in [5.41, 5.74) is 2.78. The van der Waals surface area contributed by atoms with E-state index in [2.05, 4.69) is 0 Å². The zero-order chi connectivity index (χ0) is 21.7. The van der Waals surface area contributed by atoms with E-state index in [9.17, 15) is 4.79 Å². The molecule has 2 aromatic rings. The molecule has 0 aliphatic carbocycles. The summed E-state index contributed by atoms with van der Waals surface area (Å²) in [5.74, 6) is 2.43. The second-order valence-corrected chi connectivity index (χ2v) is 7.23. The van der Waals surface area contributed by atoms with Crippen molar-refractivity contribution in [3.63, 3.8) is 0 Å². The molecular formula is C24H28O6. The Balaban J connectivity index is 1.94. The first-order valence-corrected chi connectivity index (χ1v) is 9.91. The summed E-state index contributed by atoms with van der Waals surface area (Å²) in [4.78, 5) is 11.8. The molecule has 0 fully saturated rings. The zero-order valence-electron chi connectivity index (χ0n) is 18.1. The van der Waals surface area contributed by atoms with Crippen LogP contribution < -0.4 is 18.9 Å². The minimum absolute atomic E-state index is 0.0513. The van der Waals surface area contributed by atoms with E-state index in [-0.39, 0.29) is 18.7 Å². The van der Waals surface area contributed by atoms with E-state index < -0.39 is 6.10 Å². The Hall–Kier alpha value is -3.15. The van der Waals surface area contributed by atoms with Gasteiger partial charge in [-0.05, 0) is 48.7 Å². The first-order valence-electron chi connectivity index (χ1n) is 9.91. The first kappa shape index (κ1) is 21.6. The number of fused-ring (bicyclic) bond motifs is 1. The number of benzene rings is 2. The fourth-order valence-corrected chi connectivity index (χ4v) is 3.70. The molecule has 3 rings (SSSR count). The Morgan fingerprint density at radius 1 is 1.10 bits per heavy atom. The zero-order valence-corrected chi connectivity index (χ0v) is 18.1. The van der Waals surface area contributed by atoms with Crippen LogP contribution in [0, 0.1) is 5.92 Å². The largest absolute Gasteiger partial charge is 0.496 e. The van der Waals surface area contributed by atoms with Crippen molar-refractivity contribution >= 4 is 12.0 Å². The van der Waals surface area contributed by atoms with E-state index in [0.29, 0.717) is 17.9 Å². The molecule has 160 valence electrons. The lowest BCUT2D eigenvalue weighted by Crippen LogP contribution is -2.19. The van der Waals surface area contributed by atoms with Crippen molar-refractivity contribution in [1.29, 1.82) is 0 Å². The lowest BCUT2D eigenvalue weighted by Gasteiger charge is -2.26. The van der Waals surface area contributed by atoms with Gasteiger partial charge in [0.25, 0.3) is 0 Å². The van der Waals surface area contributed by atoms with Gasteiger partial charge in [0.05, 0.1) is 14.2 Å². The summed E-state index contributed by atoms with van der Waals surface area (Å²) >= 11 is 0. The van der Waals surface area contributed by atoms with Gasteiger partial charge >= 0.3 is 5.97 Å². The third-order valence-corrected chi connectivity index (χ3v) is 5.05. The van der Waals surface area contributed by atoms with Crippen LogP contribution in [0.15, 0.2) is 36.4 Å². The molecule has 30 heavy (non-hydrogen) atoms. The van der Waals surface area contributed by atoms with Crippen LogP contribution in [0.25, 0.3) is 6.08 Å². The van der Waals surface area contributed by atoms with Crippen LogP contribution >= 0.6 is 0 Å². The van der Waals surface area contributed by atoms with E-state index in [0.717, 1.165) is 28.2 Å². The van der Waals surface area contributed by atoms with Crippen molar-refractivity contribution in [2.24, 2.45) is 5.92 Å². The van der Waals surface area contributed by atoms with Crippen LogP contribution in [0.3, 0.4) is 0 Å². The highest BCUT2D eigenvalue weighted by molar-refractivity contribution is 5.66. The summed E-state index contributed by atoms with van der Waals surface area (Å²) in [6.45, 7) is 5.61. The number of carbonyl (C=O) groups excluding carboxylic acids is 1. The molecule has 6 heteroatoms. The lowest BCUT2D eigenvalue weighted by atomic mass is 9.89. The SMILES string of the molecule is C/C=C/c1cc(OC)c(C[C@H](C)[C@@H](OC(C)=O)c2ccc3c(c2)OCO3)c(OC)c1. The number of allylic oxidation sites excluding steroid dienone is 1. The highest BCUT2D eigenvalue weighted by atomic mass is 16.7. The molecule has 0 unspecified atom stereocenters. The van der Waals surface area contributed by atoms with E-state index in [1.165, 1.54) is 6.92 Å². The minimum Gasteiger partial charge on any atom is -0.496 e. The number of hydrogen-bond donors (Lipinski definition) is 0. The van der Waals surface area contributed by atoms with Crippen molar-refractivity contribution in [2.75, 3.05) is 21.0 Å². The maximum atomic E-state index is 11.8. The molecule has 2 atom stereocenters. The normalized spacial score (nSPS) is 14.4. The molecule has 2 aromatic carbocycles. The van der Waals surface area contributed by atoms with Gasteiger partial charge in [0, 0.05) is 18.4 Å². The first-order chi connectivity index (χ1) is 14.5. The van der Waals surface area contributed by atoms with Gasteiger partial charge in [0.2, 0.25) is 6.79 Å². The van der Waals surface area contributed by atoms with E-state index in [1.54, 1.807) is 14.2 Å². The summed E-state index contributed by atoms with van der Waals surface area (Å²) in [6, 6.07) is 9.57. The summed E-state index contributed by atoms with van der Waals surface area (Å²) in [6.07, 6.45) is 4.09. The molecule has 0 N–H and O–H groups in total. The smallest absolute Gasteiger partial charge is 0.303 e. The Labute approximate surface area is 177 Å². The number of esters is 1. The van der Waals surface area contributed by atoms with Gasteiger partial charge in [0.15, 0.2) is 11.5 Å². The second kappa shape index (κ2) is 9.57. The van der Waals surface area contributed by atoms with Crippen molar-refractivity contribution in [1.82, 2.24) is 0 Å². The number of carbonyl (C=O) groups is 1. The number of methoxy groups -OCH3 is 2. The molecule has 0 radical (unpaired) electrons. The maximum absolute atomic E-state index is 11.8. The van der Waals surface area contributed by atoms with Crippen LogP contribution in [0.5, 0.6) is 23.0 Å². The molecule has 0 amide bonds. The monoisotopic (exact) mass is 412 g/mol. The maximum Gasteiger partial charge on any atom is 0.303 e. The molecule has 0 aromatic heterocycles. The number of ether oxygens (including phenoxy) is 5. The van der Waals surface area contributed by atoms with Gasteiger partial charge in [-0.3, -0.25) is 4.79 Å². The molecule has 0 saturated heterocycles. The topological polar surface area (TPSA) is 63.2 Å². The van der Waals surface area contributed by atoms with Gasteiger partial charge in [-0.1, -0.05) is 25.1 Å². The molecule has 0 spiro atoms. The molecule has 0 bridgehead atoms. The Kier molecular flexibility index (Phi) is 6.87. The molecule has 1 aliphatic heterocycles. The average molecular weight is 412 g/mol.